The van der Waals surface area contributed by atoms with Gasteiger partial charge in [-0.1, -0.05) is 6.07 Å². The quantitative estimate of drug-likeness (QED) is 0.667. The van der Waals surface area contributed by atoms with E-state index in [0.29, 0.717) is 5.82 Å². The van der Waals surface area contributed by atoms with Crippen LogP contribution in [0.1, 0.15) is 17.8 Å². The lowest BCUT2D eigenvalue weighted by Crippen LogP contribution is -2.08. The van der Waals surface area contributed by atoms with E-state index in [1.54, 1.807) is 17.4 Å². The fourth-order valence-corrected chi connectivity index (χ4v) is 2.20. The molecule has 0 unspecified atom stereocenters. The Kier molecular flexibility index (Phi) is 3.34. The molecular weight excluding hydrogens is 238 g/mol. The molecule has 2 aromatic rings. The van der Waals surface area contributed by atoms with E-state index in [0.717, 1.165) is 4.88 Å². The van der Waals surface area contributed by atoms with Gasteiger partial charge in [0.2, 0.25) is 5.82 Å². The average molecular weight is 249 g/mol. The summed E-state index contributed by atoms with van der Waals surface area (Å²) < 4.78 is 0. The summed E-state index contributed by atoms with van der Waals surface area (Å²) in [5.74, 6) is 0.304. The van der Waals surface area contributed by atoms with Crippen LogP contribution in [0.3, 0.4) is 0 Å². The fourth-order valence-electron chi connectivity index (χ4n) is 1.47. The molecule has 5 nitrogen and oxygen atoms in total. The number of thiophene rings is 1. The molecule has 0 saturated carbocycles. The number of aromatic nitrogens is 1. The van der Waals surface area contributed by atoms with E-state index < -0.39 is 4.92 Å². The van der Waals surface area contributed by atoms with Gasteiger partial charge in [-0.2, -0.15) is 0 Å². The molecule has 1 N–H and O–H groups in total. The number of nitrogens with one attached hydrogen (secondary N) is 1. The molecule has 0 aliphatic carbocycles. The second-order valence-electron chi connectivity index (χ2n) is 3.51. The Bertz CT molecular complexity index is 513. The molecular formula is C11H11N3O2S. The van der Waals surface area contributed by atoms with Crippen molar-refractivity contribution in [2.24, 2.45) is 0 Å². The van der Waals surface area contributed by atoms with Crippen LogP contribution >= 0.6 is 11.3 Å². The standard InChI is InChI=1S/C11H11N3O2S/c1-8(10-5-3-7-17-10)13-11-9(14(15)16)4-2-6-12-11/h2-8H,1H3,(H,12,13)/t8-/m1/s1. The lowest BCUT2D eigenvalue weighted by Gasteiger charge is -2.12. The van der Waals surface area contributed by atoms with Gasteiger partial charge in [0.25, 0.3) is 0 Å². The van der Waals surface area contributed by atoms with Gasteiger partial charge in [-0.3, -0.25) is 10.1 Å². The Morgan fingerprint density at radius 2 is 2.29 bits per heavy atom. The molecule has 0 saturated heterocycles. The molecule has 17 heavy (non-hydrogen) atoms. The molecule has 1 atom stereocenters. The van der Waals surface area contributed by atoms with Crippen molar-refractivity contribution >= 4 is 22.8 Å². The van der Waals surface area contributed by atoms with Crippen molar-refractivity contribution in [2.45, 2.75) is 13.0 Å². The zero-order valence-electron chi connectivity index (χ0n) is 9.16. The van der Waals surface area contributed by atoms with Crippen molar-refractivity contribution in [3.05, 3.63) is 50.8 Å². The Hall–Kier alpha value is -1.95. The van der Waals surface area contributed by atoms with E-state index in [-0.39, 0.29) is 11.7 Å². The summed E-state index contributed by atoms with van der Waals surface area (Å²) in [5.41, 5.74) is -0.00379. The van der Waals surface area contributed by atoms with Gasteiger partial charge >= 0.3 is 5.69 Å². The zero-order chi connectivity index (χ0) is 12.3. The van der Waals surface area contributed by atoms with Crippen molar-refractivity contribution in [3.63, 3.8) is 0 Å². The maximum absolute atomic E-state index is 10.8. The summed E-state index contributed by atoms with van der Waals surface area (Å²) in [5, 5.41) is 15.8. The normalized spacial score (nSPS) is 12.1. The maximum atomic E-state index is 10.8. The van der Waals surface area contributed by atoms with E-state index in [2.05, 4.69) is 10.3 Å². The summed E-state index contributed by atoms with van der Waals surface area (Å²) in [6, 6.07) is 6.93. The van der Waals surface area contributed by atoms with E-state index in [1.165, 1.54) is 12.3 Å². The molecule has 6 heteroatoms. The molecule has 0 fully saturated rings. The van der Waals surface area contributed by atoms with Crippen molar-refractivity contribution in [1.82, 2.24) is 4.98 Å². The largest absolute Gasteiger partial charge is 0.357 e. The van der Waals surface area contributed by atoms with Gasteiger partial charge < -0.3 is 5.32 Å². The highest BCUT2D eigenvalue weighted by Gasteiger charge is 2.16. The summed E-state index contributed by atoms with van der Waals surface area (Å²) >= 11 is 1.60. The topological polar surface area (TPSA) is 68.1 Å². The first-order valence-corrected chi connectivity index (χ1v) is 5.96. The first kappa shape index (κ1) is 11.5. The molecule has 0 aromatic carbocycles. The average Bonchev–Trinajstić information content (AvgIpc) is 2.83. The fraction of sp³-hybridized carbons (Fsp3) is 0.182. The summed E-state index contributed by atoms with van der Waals surface area (Å²) in [6.07, 6.45) is 1.54. The molecule has 0 aliphatic rings. The van der Waals surface area contributed by atoms with E-state index in [1.807, 2.05) is 24.4 Å². The van der Waals surface area contributed by atoms with Crippen molar-refractivity contribution < 1.29 is 4.92 Å². The van der Waals surface area contributed by atoms with Crippen LogP contribution in [0.4, 0.5) is 11.5 Å². The van der Waals surface area contributed by atoms with Crippen LogP contribution < -0.4 is 5.32 Å². The van der Waals surface area contributed by atoms with E-state index in [9.17, 15) is 10.1 Å². The number of rotatable bonds is 4. The zero-order valence-corrected chi connectivity index (χ0v) is 9.98. The lowest BCUT2D eigenvalue weighted by atomic mass is 10.2. The number of hydrogen-bond acceptors (Lipinski definition) is 5. The number of nitro groups is 1. The molecule has 0 amide bonds. The van der Waals surface area contributed by atoms with Crippen LogP contribution in [0, 0.1) is 10.1 Å². The smallest absolute Gasteiger partial charge is 0.311 e. The van der Waals surface area contributed by atoms with Gasteiger partial charge in [-0.25, -0.2) is 4.98 Å². The molecule has 2 aromatic heterocycles. The van der Waals surface area contributed by atoms with Crippen LogP contribution in [0.25, 0.3) is 0 Å². The summed E-state index contributed by atoms with van der Waals surface area (Å²) in [6.45, 7) is 1.95. The maximum Gasteiger partial charge on any atom is 0.311 e. The molecule has 88 valence electrons. The molecule has 0 bridgehead atoms. The predicted molar refractivity (Wildman–Crippen MR) is 67.2 cm³/mol. The van der Waals surface area contributed by atoms with E-state index >= 15 is 0 Å². The Morgan fingerprint density at radius 3 is 2.94 bits per heavy atom. The Morgan fingerprint density at radius 1 is 1.47 bits per heavy atom. The minimum absolute atomic E-state index is 0.00333. The Labute approximate surface area is 102 Å². The Balaban J connectivity index is 2.21. The second kappa shape index (κ2) is 4.92. The lowest BCUT2D eigenvalue weighted by molar-refractivity contribution is -0.384. The van der Waals surface area contributed by atoms with Gasteiger partial charge in [0.1, 0.15) is 0 Å². The molecule has 0 aliphatic heterocycles. The molecule has 2 rings (SSSR count). The van der Waals surface area contributed by atoms with Crippen LogP contribution in [0.15, 0.2) is 35.8 Å². The van der Waals surface area contributed by atoms with Gasteiger partial charge in [0.05, 0.1) is 11.0 Å². The first-order valence-electron chi connectivity index (χ1n) is 5.08. The third kappa shape index (κ3) is 2.59. The van der Waals surface area contributed by atoms with E-state index in [4.69, 9.17) is 0 Å². The summed E-state index contributed by atoms with van der Waals surface area (Å²) in [4.78, 5) is 15.5. The highest BCUT2D eigenvalue weighted by Crippen LogP contribution is 2.27. The van der Waals surface area contributed by atoms with Gasteiger partial charge in [-0.05, 0) is 24.4 Å². The minimum atomic E-state index is -0.434. The SMILES string of the molecule is C[C@@H](Nc1ncccc1[N+](=O)[O-])c1cccs1. The number of nitrogens with zero attached hydrogens (tertiary/aromatic N) is 2. The predicted octanol–water partition coefficient (Wildman–Crippen LogP) is 3.22. The monoisotopic (exact) mass is 249 g/mol. The number of anilines is 1. The molecule has 0 spiro atoms. The van der Waals surface area contributed by atoms with Crippen molar-refractivity contribution in [1.29, 1.82) is 0 Å². The third-order valence-electron chi connectivity index (χ3n) is 2.31. The highest BCUT2D eigenvalue weighted by molar-refractivity contribution is 7.10. The molecule has 2 heterocycles. The second-order valence-corrected chi connectivity index (χ2v) is 4.49. The third-order valence-corrected chi connectivity index (χ3v) is 3.36. The number of pyridine rings is 1. The highest BCUT2D eigenvalue weighted by atomic mass is 32.1. The van der Waals surface area contributed by atoms with Crippen molar-refractivity contribution in [3.8, 4) is 0 Å². The van der Waals surface area contributed by atoms with Crippen LogP contribution in [-0.2, 0) is 0 Å². The van der Waals surface area contributed by atoms with Gasteiger partial charge in [-0.15, -0.1) is 11.3 Å². The van der Waals surface area contributed by atoms with Crippen molar-refractivity contribution in [2.75, 3.05) is 5.32 Å². The molecule has 0 radical (unpaired) electrons. The summed E-state index contributed by atoms with van der Waals surface area (Å²) in [7, 11) is 0. The van der Waals surface area contributed by atoms with Gasteiger partial charge in [0, 0.05) is 17.1 Å². The first-order chi connectivity index (χ1) is 8.18. The van der Waals surface area contributed by atoms with Crippen LogP contribution in [0.5, 0.6) is 0 Å². The number of hydrogen-bond donors (Lipinski definition) is 1. The minimum Gasteiger partial charge on any atom is -0.357 e. The van der Waals surface area contributed by atoms with Gasteiger partial charge in [0.15, 0.2) is 0 Å². The van der Waals surface area contributed by atoms with Crippen LogP contribution in [-0.4, -0.2) is 9.91 Å². The van der Waals surface area contributed by atoms with Crippen LogP contribution in [0.2, 0.25) is 0 Å².